The van der Waals surface area contributed by atoms with E-state index in [0.717, 1.165) is 16.5 Å². The van der Waals surface area contributed by atoms with Gasteiger partial charge in [-0.15, -0.1) is 22.7 Å². The van der Waals surface area contributed by atoms with Crippen LogP contribution in [0.4, 0.5) is 5.13 Å². The Labute approximate surface area is 144 Å². The van der Waals surface area contributed by atoms with Crippen molar-refractivity contribution in [2.45, 2.75) is 4.21 Å². The van der Waals surface area contributed by atoms with Crippen molar-refractivity contribution in [1.82, 2.24) is 9.29 Å². The fraction of sp³-hybridized carbons (Fsp3) is 0.364. The van der Waals surface area contributed by atoms with Crippen LogP contribution in [0.15, 0.2) is 25.6 Å². The van der Waals surface area contributed by atoms with E-state index in [2.05, 4.69) is 25.8 Å². The van der Waals surface area contributed by atoms with E-state index < -0.39 is 10.0 Å². The number of anilines is 1. The highest BCUT2D eigenvalue weighted by Gasteiger charge is 2.30. The van der Waals surface area contributed by atoms with Gasteiger partial charge in [-0.2, -0.15) is 4.31 Å². The van der Waals surface area contributed by atoms with Gasteiger partial charge in [-0.25, -0.2) is 13.4 Å². The van der Waals surface area contributed by atoms with Crippen LogP contribution >= 0.6 is 50.2 Å². The number of piperazine rings is 1. The number of thiophene rings is 1. The third-order valence-corrected chi connectivity index (χ3v) is 8.80. The Kier molecular flexibility index (Phi) is 4.58. The Morgan fingerprint density at radius 1 is 1.29 bits per heavy atom. The quantitative estimate of drug-likeness (QED) is 0.754. The predicted octanol–water partition coefficient (Wildman–Crippen LogP) is 3.13. The van der Waals surface area contributed by atoms with Crippen LogP contribution in [0.1, 0.15) is 0 Å². The van der Waals surface area contributed by atoms with E-state index >= 15 is 0 Å². The van der Waals surface area contributed by atoms with Gasteiger partial charge in [0.1, 0.15) is 4.21 Å². The highest BCUT2D eigenvalue weighted by atomic mass is 79.9. The molecular formula is C11H11BrClN3O2S3. The maximum absolute atomic E-state index is 12.6. The molecule has 0 saturated carbocycles. The van der Waals surface area contributed by atoms with Crippen LogP contribution in [0, 0.1) is 0 Å². The summed E-state index contributed by atoms with van der Waals surface area (Å²) >= 11 is 11.9. The lowest BCUT2D eigenvalue weighted by Crippen LogP contribution is -2.48. The number of nitrogens with zero attached hydrogens (tertiary/aromatic N) is 3. The Balaban J connectivity index is 1.74. The van der Waals surface area contributed by atoms with E-state index in [1.54, 1.807) is 17.5 Å². The maximum atomic E-state index is 12.6. The molecule has 0 bridgehead atoms. The van der Waals surface area contributed by atoms with Crippen molar-refractivity contribution in [3.8, 4) is 0 Å². The van der Waals surface area contributed by atoms with Crippen LogP contribution in [-0.2, 0) is 10.0 Å². The summed E-state index contributed by atoms with van der Waals surface area (Å²) in [6.07, 6.45) is 1.76. The summed E-state index contributed by atoms with van der Waals surface area (Å²) in [6.45, 7) is 2.20. The number of hydrogen-bond acceptors (Lipinski definition) is 6. The molecule has 1 aliphatic rings. The van der Waals surface area contributed by atoms with Gasteiger partial charge in [-0.05, 0) is 22.0 Å². The highest BCUT2D eigenvalue weighted by molar-refractivity contribution is 9.11. The van der Waals surface area contributed by atoms with Gasteiger partial charge in [0.2, 0.25) is 0 Å². The van der Waals surface area contributed by atoms with E-state index in [-0.39, 0.29) is 4.21 Å². The molecule has 2 aromatic heterocycles. The number of aromatic nitrogens is 1. The Bertz CT molecular complexity index is 704. The Hall–Kier alpha value is -0.190. The van der Waals surface area contributed by atoms with E-state index in [9.17, 15) is 8.42 Å². The largest absolute Gasteiger partial charge is 0.345 e. The summed E-state index contributed by atoms with van der Waals surface area (Å²) < 4.78 is 27.6. The molecule has 0 aromatic carbocycles. The number of sulfonamides is 1. The van der Waals surface area contributed by atoms with Gasteiger partial charge in [-0.1, -0.05) is 11.6 Å². The summed E-state index contributed by atoms with van der Waals surface area (Å²) in [5.74, 6) is 0. The zero-order chi connectivity index (χ0) is 15.0. The van der Waals surface area contributed by atoms with Gasteiger partial charge in [0, 0.05) is 37.8 Å². The standard InChI is InChI=1S/C11H11BrClN3O2S3/c12-10-8(13)7-9(20-10)21(17,18)16-4-2-15(3-5-16)11-14-1-6-19-11/h1,6-7H,2-5H2. The SMILES string of the molecule is O=S(=O)(c1cc(Cl)c(Br)s1)N1CCN(c2nccs2)CC1. The second-order valence-electron chi connectivity index (χ2n) is 4.39. The minimum atomic E-state index is -3.46. The van der Waals surface area contributed by atoms with Crippen molar-refractivity contribution in [3.63, 3.8) is 0 Å². The molecule has 0 amide bonds. The van der Waals surface area contributed by atoms with Crippen molar-refractivity contribution >= 4 is 65.4 Å². The summed E-state index contributed by atoms with van der Waals surface area (Å²) in [7, 11) is -3.46. The second-order valence-corrected chi connectivity index (χ2v) is 10.2. The van der Waals surface area contributed by atoms with Crippen molar-refractivity contribution in [2.24, 2.45) is 0 Å². The number of hydrogen-bond donors (Lipinski definition) is 0. The molecule has 114 valence electrons. The van der Waals surface area contributed by atoms with Crippen LogP contribution in [0.25, 0.3) is 0 Å². The van der Waals surface area contributed by atoms with E-state index in [4.69, 9.17) is 11.6 Å². The summed E-state index contributed by atoms with van der Waals surface area (Å²) in [4.78, 5) is 6.36. The first-order chi connectivity index (χ1) is 9.98. The Morgan fingerprint density at radius 3 is 2.52 bits per heavy atom. The van der Waals surface area contributed by atoms with Crippen molar-refractivity contribution in [2.75, 3.05) is 31.1 Å². The van der Waals surface area contributed by atoms with Crippen molar-refractivity contribution in [1.29, 1.82) is 0 Å². The van der Waals surface area contributed by atoms with Crippen LogP contribution in [-0.4, -0.2) is 43.9 Å². The molecule has 3 rings (SSSR count). The number of thiazole rings is 1. The molecule has 2 aromatic rings. The Morgan fingerprint density at radius 2 is 2.00 bits per heavy atom. The van der Waals surface area contributed by atoms with Crippen molar-refractivity contribution < 1.29 is 8.42 Å². The van der Waals surface area contributed by atoms with Gasteiger partial charge in [0.25, 0.3) is 10.0 Å². The van der Waals surface area contributed by atoms with Crippen LogP contribution in [0.3, 0.4) is 0 Å². The average molecular weight is 429 g/mol. The molecule has 21 heavy (non-hydrogen) atoms. The predicted molar refractivity (Wildman–Crippen MR) is 90.1 cm³/mol. The van der Waals surface area contributed by atoms with Crippen molar-refractivity contribution in [3.05, 3.63) is 26.5 Å². The topological polar surface area (TPSA) is 53.5 Å². The molecular weight excluding hydrogens is 418 g/mol. The molecule has 0 aliphatic carbocycles. The van der Waals surface area contributed by atoms with E-state index in [1.807, 2.05) is 5.38 Å². The molecule has 0 radical (unpaired) electrons. The van der Waals surface area contributed by atoms with Crippen LogP contribution in [0.5, 0.6) is 0 Å². The molecule has 5 nitrogen and oxygen atoms in total. The monoisotopic (exact) mass is 427 g/mol. The van der Waals surface area contributed by atoms with Gasteiger partial charge in [0.15, 0.2) is 5.13 Å². The first-order valence-corrected chi connectivity index (χ1v) is 10.4. The molecule has 0 N–H and O–H groups in total. The van der Waals surface area contributed by atoms with Crippen LogP contribution < -0.4 is 4.90 Å². The second kappa shape index (κ2) is 6.13. The molecule has 1 aliphatic heterocycles. The molecule has 0 spiro atoms. The summed E-state index contributed by atoms with van der Waals surface area (Å²) in [5.41, 5.74) is 0. The van der Waals surface area contributed by atoms with Gasteiger partial charge in [-0.3, -0.25) is 0 Å². The molecule has 0 atom stereocenters. The summed E-state index contributed by atoms with van der Waals surface area (Å²) in [5, 5.41) is 3.29. The number of rotatable bonds is 3. The molecule has 0 unspecified atom stereocenters. The van der Waals surface area contributed by atoms with E-state index in [1.165, 1.54) is 10.4 Å². The third kappa shape index (κ3) is 3.13. The molecule has 1 fully saturated rings. The fourth-order valence-corrected chi connectivity index (χ4v) is 6.75. The smallest absolute Gasteiger partial charge is 0.252 e. The van der Waals surface area contributed by atoms with Gasteiger partial charge < -0.3 is 4.90 Å². The first kappa shape index (κ1) is 15.7. The normalized spacial score (nSPS) is 17.3. The minimum Gasteiger partial charge on any atom is -0.345 e. The first-order valence-electron chi connectivity index (χ1n) is 6.08. The highest BCUT2D eigenvalue weighted by Crippen LogP contribution is 2.36. The third-order valence-electron chi connectivity index (χ3n) is 3.15. The maximum Gasteiger partial charge on any atom is 0.252 e. The average Bonchev–Trinajstić information content (AvgIpc) is 3.10. The minimum absolute atomic E-state index is 0.280. The van der Waals surface area contributed by atoms with Gasteiger partial charge in [0.05, 0.1) is 8.81 Å². The lowest BCUT2D eigenvalue weighted by molar-refractivity contribution is 0.385. The molecule has 3 heterocycles. The van der Waals surface area contributed by atoms with Gasteiger partial charge >= 0.3 is 0 Å². The molecule has 1 saturated heterocycles. The summed E-state index contributed by atoms with van der Waals surface area (Å²) in [6, 6.07) is 1.50. The lowest BCUT2D eigenvalue weighted by atomic mass is 10.4. The zero-order valence-electron chi connectivity index (χ0n) is 10.7. The van der Waals surface area contributed by atoms with E-state index in [0.29, 0.717) is 35.0 Å². The molecule has 10 heteroatoms. The fourth-order valence-electron chi connectivity index (χ4n) is 2.07. The van der Waals surface area contributed by atoms with Crippen LogP contribution in [0.2, 0.25) is 5.02 Å². The lowest BCUT2D eigenvalue weighted by Gasteiger charge is -2.33. The number of halogens is 2. The zero-order valence-corrected chi connectivity index (χ0v) is 15.5.